The van der Waals surface area contributed by atoms with Crippen LogP contribution in [0.4, 0.5) is 0 Å². The maximum absolute atomic E-state index is 6.31. The topological polar surface area (TPSA) is 27.7 Å². The van der Waals surface area contributed by atoms with Gasteiger partial charge in [-0.25, -0.2) is 0 Å². The third-order valence-electron chi connectivity index (χ3n) is 3.80. The van der Waals surface area contributed by atoms with E-state index in [9.17, 15) is 0 Å². The van der Waals surface area contributed by atoms with Crippen molar-refractivity contribution in [2.75, 3.05) is 14.2 Å². The van der Waals surface area contributed by atoms with Crippen LogP contribution in [0.2, 0.25) is 0 Å². The van der Waals surface area contributed by atoms with Gasteiger partial charge in [-0.2, -0.15) is 0 Å². The van der Waals surface area contributed by atoms with Crippen molar-refractivity contribution < 1.29 is 14.2 Å². The van der Waals surface area contributed by atoms with Gasteiger partial charge in [0, 0.05) is 25.3 Å². The molecule has 0 heterocycles. The van der Waals surface area contributed by atoms with Crippen LogP contribution in [0.1, 0.15) is 11.1 Å². The largest absolute Gasteiger partial charge is 0.346 e. The first-order valence-electron chi connectivity index (χ1n) is 7.35. The van der Waals surface area contributed by atoms with E-state index in [0.717, 1.165) is 11.1 Å². The second-order valence-electron chi connectivity index (χ2n) is 4.99. The minimum absolute atomic E-state index is 0.816. The van der Waals surface area contributed by atoms with Crippen molar-refractivity contribution in [1.29, 1.82) is 0 Å². The van der Waals surface area contributed by atoms with Crippen molar-refractivity contribution in [3.63, 3.8) is 0 Å². The summed E-state index contributed by atoms with van der Waals surface area (Å²) in [6.45, 7) is 7.77. The lowest BCUT2D eigenvalue weighted by atomic mass is 10.0. The van der Waals surface area contributed by atoms with Gasteiger partial charge in [0.05, 0.1) is 0 Å². The van der Waals surface area contributed by atoms with Crippen LogP contribution >= 0.6 is 0 Å². The summed E-state index contributed by atoms with van der Waals surface area (Å²) < 4.78 is 17.7. The summed E-state index contributed by atoms with van der Waals surface area (Å²) in [5, 5.41) is 0. The predicted molar refractivity (Wildman–Crippen MR) is 91.7 cm³/mol. The van der Waals surface area contributed by atoms with E-state index in [-0.39, 0.29) is 0 Å². The Hall–Kier alpha value is -2.20. The maximum atomic E-state index is 6.31. The van der Waals surface area contributed by atoms with Crippen LogP contribution in [0.3, 0.4) is 0 Å². The fourth-order valence-corrected chi connectivity index (χ4v) is 2.49. The number of rotatable bonds is 8. The molecule has 2 aromatic carbocycles. The summed E-state index contributed by atoms with van der Waals surface area (Å²) in [6.07, 6.45) is 3.23. The molecular formula is C20H22O3. The Morgan fingerprint density at radius 2 is 1.04 bits per heavy atom. The monoisotopic (exact) mass is 310 g/mol. The van der Waals surface area contributed by atoms with Crippen molar-refractivity contribution in [3.05, 3.63) is 97.1 Å². The Kier molecular flexibility index (Phi) is 5.50. The number of benzene rings is 2. The van der Waals surface area contributed by atoms with E-state index in [4.69, 9.17) is 14.2 Å². The van der Waals surface area contributed by atoms with Gasteiger partial charge in [-0.05, 0) is 12.2 Å². The summed E-state index contributed by atoms with van der Waals surface area (Å²) in [7, 11) is 3.15. The molecule has 0 fully saturated rings. The Bertz CT molecular complexity index is 581. The number of hydrogen-bond acceptors (Lipinski definition) is 3. The molecular weight excluding hydrogens is 288 g/mol. The van der Waals surface area contributed by atoms with Gasteiger partial charge in [-0.1, -0.05) is 73.8 Å². The fraction of sp³-hybridized carbons (Fsp3) is 0.200. The Labute approximate surface area is 137 Å². The van der Waals surface area contributed by atoms with Crippen LogP contribution in [0.25, 0.3) is 0 Å². The Morgan fingerprint density at radius 1 is 0.696 bits per heavy atom. The van der Waals surface area contributed by atoms with E-state index in [0.29, 0.717) is 0 Å². The summed E-state index contributed by atoms with van der Waals surface area (Å²) >= 11 is 0. The number of hydrogen-bond donors (Lipinski definition) is 0. The average molecular weight is 310 g/mol. The minimum Gasteiger partial charge on any atom is -0.346 e. The van der Waals surface area contributed by atoms with E-state index >= 15 is 0 Å². The van der Waals surface area contributed by atoms with Crippen LogP contribution in [-0.2, 0) is 25.8 Å². The van der Waals surface area contributed by atoms with E-state index in [1.165, 1.54) is 0 Å². The van der Waals surface area contributed by atoms with Gasteiger partial charge in [-0.3, -0.25) is 0 Å². The molecule has 120 valence electrons. The normalized spacial score (nSPS) is 16.1. The van der Waals surface area contributed by atoms with Crippen molar-refractivity contribution in [2.45, 2.75) is 11.6 Å². The lowest BCUT2D eigenvalue weighted by Gasteiger charge is -2.39. The smallest absolute Gasteiger partial charge is 0.218 e. The highest BCUT2D eigenvalue weighted by Crippen LogP contribution is 2.39. The number of methoxy groups -OCH3 is 2. The zero-order valence-corrected chi connectivity index (χ0v) is 13.6. The average Bonchev–Trinajstić information content (AvgIpc) is 2.65. The molecule has 0 bridgehead atoms. The molecule has 0 aromatic heterocycles. The second-order valence-corrected chi connectivity index (χ2v) is 4.99. The highest BCUT2D eigenvalue weighted by molar-refractivity contribution is 5.28. The zero-order valence-electron chi connectivity index (χ0n) is 13.6. The Balaban J connectivity index is 2.52. The van der Waals surface area contributed by atoms with Crippen molar-refractivity contribution in [1.82, 2.24) is 0 Å². The molecule has 2 aromatic rings. The molecule has 2 atom stereocenters. The van der Waals surface area contributed by atoms with Gasteiger partial charge < -0.3 is 14.2 Å². The van der Waals surface area contributed by atoms with Crippen LogP contribution in [0.5, 0.6) is 0 Å². The molecule has 0 N–H and O–H groups in total. The van der Waals surface area contributed by atoms with Gasteiger partial charge in [0.25, 0.3) is 0 Å². The van der Waals surface area contributed by atoms with Crippen LogP contribution in [-0.4, -0.2) is 14.2 Å². The summed E-state index contributed by atoms with van der Waals surface area (Å²) in [5.74, 6) is -2.33. The third kappa shape index (κ3) is 3.27. The van der Waals surface area contributed by atoms with Gasteiger partial charge in [0.2, 0.25) is 11.6 Å². The first kappa shape index (κ1) is 17.2. The van der Waals surface area contributed by atoms with Crippen molar-refractivity contribution in [2.24, 2.45) is 0 Å². The van der Waals surface area contributed by atoms with E-state index < -0.39 is 11.6 Å². The molecule has 23 heavy (non-hydrogen) atoms. The first-order valence-corrected chi connectivity index (χ1v) is 7.35. The Morgan fingerprint density at radius 3 is 1.30 bits per heavy atom. The molecule has 3 heteroatoms. The lowest BCUT2D eigenvalue weighted by molar-refractivity contribution is -0.323. The predicted octanol–water partition coefficient (Wildman–Crippen LogP) is 4.37. The summed E-state index contributed by atoms with van der Waals surface area (Å²) in [5.41, 5.74) is 1.63. The molecule has 0 aliphatic heterocycles. The van der Waals surface area contributed by atoms with E-state index in [1.54, 1.807) is 26.4 Å². The quantitative estimate of drug-likeness (QED) is 0.535. The van der Waals surface area contributed by atoms with Crippen molar-refractivity contribution >= 4 is 0 Å². The molecule has 2 rings (SSSR count). The molecule has 0 aliphatic carbocycles. The molecule has 2 unspecified atom stereocenters. The highest BCUT2D eigenvalue weighted by Gasteiger charge is 2.41. The van der Waals surface area contributed by atoms with Gasteiger partial charge in [-0.15, -0.1) is 0 Å². The SMILES string of the molecule is C=CC(OC)(OC(C=C)(OC)c1ccccc1)c1ccccc1. The highest BCUT2D eigenvalue weighted by atomic mass is 16.8. The lowest BCUT2D eigenvalue weighted by Crippen LogP contribution is -2.41. The molecule has 0 spiro atoms. The number of ether oxygens (including phenoxy) is 3. The first-order chi connectivity index (χ1) is 11.2. The molecule has 0 amide bonds. The third-order valence-corrected chi connectivity index (χ3v) is 3.80. The van der Waals surface area contributed by atoms with E-state index in [2.05, 4.69) is 13.2 Å². The molecule has 0 saturated heterocycles. The molecule has 3 nitrogen and oxygen atoms in total. The summed E-state index contributed by atoms with van der Waals surface area (Å²) in [6, 6.07) is 19.2. The molecule has 0 aliphatic rings. The second kappa shape index (κ2) is 7.38. The van der Waals surface area contributed by atoms with Crippen LogP contribution in [0, 0.1) is 0 Å². The van der Waals surface area contributed by atoms with Crippen LogP contribution in [0.15, 0.2) is 86.0 Å². The van der Waals surface area contributed by atoms with Crippen molar-refractivity contribution in [3.8, 4) is 0 Å². The van der Waals surface area contributed by atoms with E-state index in [1.807, 2.05) is 60.7 Å². The fourth-order valence-electron chi connectivity index (χ4n) is 2.49. The maximum Gasteiger partial charge on any atom is 0.218 e. The standard InChI is InChI=1S/C20H22O3/c1-5-19(21-3,17-13-9-7-10-14-17)23-20(6-2,22-4)18-15-11-8-12-16-18/h5-16H,1-2H2,3-4H3. The summed E-state index contributed by atoms with van der Waals surface area (Å²) in [4.78, 5) is 0. The molecule has 0 saturated carbocycles. The van der Waals surface area contributed by atoms with Gasteiger partial charge in [0.1, 0.15) is 0 Å². The minimum atomic E-state index is -1.17. The van der Waals surface area contributed by atoms with Crippen LogP contribution < -0.4 is 0 Å². The zero-order chi connectivity index (χ0) is 16.8. The van der Waals surface area contributed by atoms with Gasteiger partial charge in [0.15, 0.2) is 0 Å². The molecule has 0 radical (unpaired) electrons. The van der Waals surface area contributed by atoms with Gasteiger partial charge >= 0.3 is 0 Å².